The molecule has 0 aliphatic heterocycles. The number of hydrogen-bond acceptors (Lipinski definition) is 8. The normalized spacial score (nSPS) is 25.5. The maximum Gasteiger partial charge on any atom is 0.300 e. The second-order valence-electron chi connectivity index (χ2n) is 3.72. The summed E-state index contributed by atoms with van der Waals surface area (Å²) in [6, 6.07) is 0. The highest BCUT2D eigenvalue weighted by Gasteiger charge is 2.55. The van der Waals surface area contributed by atoms with Crippen molar-refractivity contribution in [2.24, 2.45) is 0 Å². The van der Waals surface area contributed by atoms with E-state index in [0.717, 1.165) is 0 Å². The smallest absolute Gasteiger partial charge is 0.300 e. The van der Waals surface area contributed by atoms with Crippen LogP contribution in [0.5, 0.6) is 0 Å². The largest absolute Gasteiger partial charge is 0.512 e. The average molecular weight is 352 g/mol. The van der Waals surface area contributed by atoms with Gasteiger partial charge in [-0.2, -0.15) is 25.3 Å². The van der Waals surface area contributed by atoms with E-state index in [1.165, 1.54) is 0 Å². The highest BCUT2D eigenvalue weighted by Crippen LogP contribution is 2.40. The number of allylic oxidation sites excluding steroid dienone is 1. The van der Waals surface area contributed by atoms with Gasteiger partial charge in [-0.3, -0.25) is 13.7 Å². The molecule has 1 aliphatic rings. The molecule has 1 rings (SSSR count). The first-order valence-corrected chi connectivity index (χ1v) is 8.71. The molecule has 1 aliphatic carbocycles. The fourth-order valence-corrected chi connectivity index (χ4v) is 4.99. The van der Waals surface area contributed by atoms with Crippen LogP contribution in [0.15, 0.2) is 21.6 Å². The van der Waals surface area contributed by atoms with E-state index in [1.807, 2.05) is 0 Å². The van der Waals surface area contributed by atoms with Crippen molar-refractivity contribution in [1.82, 2.24) is 0 Å². The van der Waals surface area contributed by atoms with Crippen molar-refractivity contribution in [3.63, 3.8) is 0 Å². The second-order valence-corrected chi connectivity index (χ2v) is 8.09. The van der Waals surface area contributed by atoms with Crippen molar-refractivity contribution in [1.29, 1.82) is 0 Å². The minimum atomic E-state index is -5.70. The minimum absolute atomic E-state index is 0.109. The van der Waals surface area contributed by atoms with E-state index >= 15 is 0 Å². The Bertz CT molecular complexity index is 809. The van der Waals surface area contributed by atoms with Gasteiger partial charge in [-0.1, -0.05) is 0 Å². The van der Waals surface area contributed by atoms with Gasteiger partial charge >= 0.3 is 10.1 Å². The first-order valence-electron chi connectivity index (χ1n) is 4.39. The summed E-state index contributed by atoms with van der Waals surface area (Å²) >= 11 is 0. The van der Waals surface area contributed by atoms with Crippen LogP contribution in [0.4, 0.5) is 0 Å². The van der Waals surface area contributed by atoms with E-state index in [4.69, 9.17) is 18.8 Å². The molecule has 0 amide bonds. The summed E-state index contributed by atoms with van der Waals surface area (Å²) in [7, 11) is -16.8. The van der Waals surface area contributed by atoms with Gasteiger partial charge < -0.3 is 10.2 Å². The van der Waals surface area contributed by atoms with Gasteiger partial charge in [0.25, 0.3) is 20.2 Å². The summed E-state index contributed by atoms with van der Waals surface area (Å²) in [5.74, 6) is -1.18. The zero-order chi connectivity index (χ0) is 16.1. The molecule has 116 valence electrons. The number of hydrogen-bond donors (Lipinski definition) is 5. The molecule has 20 heavy (non-hydrogen) atoms. The Labute approximate surface area is 113 Å². The van der Waals surface area contributed by atoms with Gasteiger partial charge in [-0.25, -0.2) is 0 Å². The van der Waals surface area contributed by atoms with E-state index < -0.39 is 57.3 Å². The Hall–Kier alpha value is -1.03. The quantitative estimate of drug-likeness (QED) is 0.365. The van der Waals surface area contributed by atoms with Crippen molar-refractivity contribution >= 4 is 30.4 Å². The highest BCUT2D eigenvalue weighted by atomic mass is 32.2. The summed E-state index contributed by atoms with van der Waals surface area (Å²) in [4.78, 5) is -7.75. The Morgan fingerprint density at radius 3 is 1.70 bits per heavy atom. The molecule has 1 atom stereocenters. The van der Waals surface area contributed by atoms with E-state index in [1.54, 1.807) is 0 Å². The van der Waals surface area contributed by atoms with Crippen LogP contribution in [0, 0.1) is 0 Å². The van der Waals surface area contributed by atoms with E-state index in [9.17, 15) is 30.4 Å². The second kappa shape index (κ2) is 4.48. The molecular formula is C6H8O11S3. The molecule has 0 bridgehead atoms. The van der Waals surface area contributed by atoms with Crippen LogP contribution >= 0.6 is 0 Å². The van der Waals surface area contributed by atoms with Crippen LogP contribution in [0.25, 0.3) is 0 Å². The predicted molar refractivity (Wildman–Crippen MR) is 62.0 cm³/mol. The van der Waals surface area contributed by atoms with Gasteiger partial charge in [0.2, 0.25) is 4.93 Å². The van der Waals surface area contributed by atoms with E-state index in [0.29, 0.717) is 0 Å². The topological polar surface area (TPSA) is 204 Å². The number of aliphatic hydroxyl groups excluding tert-OH is 1. The van der Waals surface area contributed by atoms with Crippen LogP contribution in [-0.4, -0.2) is 54.1 Å². The molecule has 1 unspecified atom stereocenters. The Kier molecular flexibility index (Phi) is 3.82. The lowest BCUT2D eigenvalue weighted by atomic mass is 10.1. The predicted octanol–water partition coefficient (Wildman–Crippen LogP) is -1.60. The molecular weight excluding hydrogens is 344 g/mol. The van der Waals surface area contributed by atoms with Crippen LogP contribution in [0.1, 0.15) is 6.42 Å². The monoisotopic (exact) mass is 352 g/mol. The molecule has 0 heterocycles. The Balaban J connectivity index is 4.06. The maximum absolute atomic E-state index is 11.1. The molecule has 5 N–H and O–H groups in total. The van der Waals surface area contributed by atoms with Crippen LogP contribution in [0.3, 0.4) is 0 Å². The van der Waals surface area contributed by atoms with Gasteiger partial charge in [-0.15, -0.1) is 0 Å². The van der Waals surface area contributed by atoms with Crippen LogP contribution in [0.2, 0.25) is 0 Å². The third-order valence-electron chi connectivity index (χ3n) is 2.26. The molecule has 11 nitrogen and oxygen atoms in total. The molecule has 0 aromatic carbocycles. The van der Waals surface area contributed by atoms with Crippen molar-refractivity contribution in [3.05, 3.63) is 21.6 Å². The van der Waals surface area contributed by atoms with Gasteiger partial charge in [0.1, 0.15) is 9.81 Å². The number of aliphatic hydroxyl groups is 2. The fourth-order valence-electron chi connectivity index (χ4n) is 1.51. The van der Waals surface area contributed by atoms with Crippen molar-refractivity contribution in [2.75, 3.05) is 0 Å². The van der Waals surface area contributed by atoms with Crippen molar-refractivity contribution in [3.8, 4) is 0 Å². The van der Waals surface area contributed by atoms with Crippen LogP contribution < -0.4 is 0 Å². The molecule has 0 radical (unpaired) electrons. The highest BCUT2D eigenvalue weighted by molar-refractivity contribution is 7.96. The zero-order valence-corrected chi connectivity index (χ0v) is 11.6. The lowest BCUT2D eigenvalue weighted by molar-refractivity contribution is 0.137. The molecule has 0 fully saturated rings. The van der Waals surface area contributed by atoms with Gasteiger partial charge in [-0.05, 0) is 6.08 Å². The Morgan fingerprint density at radius 1 is 0.950 bits per heavy atom. The Morgan fingerprint density at radius 2 is 1.40 bits per heavy atom. The van der Waals surface area contributed by atoms with Crippen molar-refractivity contribution in [2.45, 2.75) is 11.4 Å². The van der Waals surface area contributed by atoms with Gasteiger partial charge in [0.05, 0.1) is 12.2 Å². The summed E-state index contributed by atoms with van der Waals surface area (Å²) in [5, 5.41) is 18.9. The van der Waals surface area contributed by atoms with E-state index in [2.05, 4.69) is 0 Å². The first kappa shape index (κ1) is 17.0. The molecule has 0 saturated heterocycles. The average Bonchev–Trinajstić information content (AvgIpc) is 2.10. The number of rotatable bonds is 3. The standard InChI is InChI=1S/C6H8O11S3/c7-3-1-4(18(9,10)11)5(19(12,13)14)6(8,2-3)20(15,16)17/h1,7-8H,2H2,(H,9,10,11)(H,12,13,14)(H,15,16,17). The van der Waals surface area contributed by atoms with Gasteiger partial charge in [0.15, 0.2) is 0 Å². The van der Waals surface area contributed by atoms with Crippen molar-refractivity contribution < 1.29 is 49.1 Å². The van der Waals surface area contributed by atoms with E-state index in [-0.39, 0.29) is 6.08 Å². The molecule has 0 aromatic rings. The van der Waals surface area contributed by atoms with Gasteiger partial charge in [0, 0.05) is 0 Å². The molecule has 0 aromatic heterocycles. The molecule has 14 heteroatoms. The third kappa shape index (κ3) is 2.85. The fraction of sp³-hybridized carbons (Fsp3) is 0.333. The molecule has 0 saturated carbocycles. The summed E-state index contributed by atoms with van der Waals surface area (Å²) in [5.41, 5.74) is 0. The summed E-state index contributed by atoms with van der Waals surface area (Å²) in [6.45, 7) is 0. The van der Waals surface area contributed by atoms with Crippen LogP contribution in [-0.2, 0) is 30.4 Å². The minimum Gasteiger partial charge on any atom is -0.512 e. The maximum atomic E-state index is 11.1. The summed E-state index contributed by atoms with van der Waals surface area (Å²) < 4.78 is 92.7. The first-order chi connectivity index (χ1) is 8.61. The summed E-state index contributed by atoms with van der Waals surface area (Å²) in [6.07, 6.45) is -1.35. The lowest BCUT2D eigenvalue weighted by Gasteiger charge is -2.29. The third-order valence-corrected chi connectivity index (χ3v) is 5.67. The lowest BCUT2D eigenvalue weighted by Crippen LogP contribution is -2.46. The zero-order valence-electron chi connectivity index (χ0n) is 9.19. The molecule has 0 spiro atoms. The SMILES string of the molecule is O=S(=O)(O)C1=C(S(=O)(=O)O)C(O)(S(=O)(=O)O)CC(O)=C1.